The lowest BCUT2D eigenvalue weighted by Gasteiger charge is -2.32. The number of benzene rings is 2. The maximum atomic E-state index is 13.0. The van der Waals surface area contributed by atoms with Crippen LogP contribution in [0.5, 0.6) is 11.5 Å². The summed E-state index contributed by atoms with van der Waals surface area (Å²) in [7, 11) is -0.710. The van der Waals surface area contributed by atoms with Crippen LogP contribution in [0.3, 0.4) is 0 Å². The number of carbonyl (C=O) groups is 1. The fraction of sp³-hybridized carbons (Fsp3) is 0.409. The molecule has 1 saturated heterocycles. The summed E-state index contributed by atoms with van der Waals surface area (Å²) >= 11 is 0. The maximum absolute atomic E-state index is 13.0. The lowest BCUT2D eigenvalue weighted by molar-refractivity contribution is 0.0711. The van der Waals surface area contributed by atoms with Crippen molar-refractivity contribution in [3.63, 3.8) is 0 Å². The minimum absolute atomic E-state index is 0.0777. The van der Waals surface area contributed by atoms with Crippen LogP contribution in [-0.4, -0.2) is 52.6 Å². The molecule has 8 heteroatoms. The highest BCUT2D eigenvalue weighted by Gasteiger charge is 2.29. The van der Waals surface area contributed by atoms with E-state index in [-0.39, 0.29) is 16.8 Å². The normalized spacial score (nSPS) is 15.1. The molecule has 1 aliphatic heterocycles. The number of hydrogen-bond acceptors (Lipinski definition) is 5. The molecular weight excluding hydrogens is 404 g/mol. The van der Waals surface area contributed by atoms with Gasteiger partial charge in [0.2, 0.25) is 10.0 Å². The van der Waals surface area contributed by atoms with Crippen LogP contribution >= 0.6 is 0 Å². The summed E-state index contributed by atoms with van der Waals surface area (Å²) in [6.07, 6.45) is 1.09. The van der Waals surface area contributed by atoms with E-state index in [1.54, 1.807) is 48.4 Å². The second-order valence-corrected chi connectivity index (χ2v) is 9.19. The monoisotopic (exact) mass is 432 g/mol. The van der Waals surface area contributed by atoms with Crippen molar-refractivity contribution in [2.45, 2.75) is 37.6 Å². The summed E-state index contributed by atoms with van der Waals surface area (Å²) < 4.78 is 39.2. The third-order valence-corrected chi connectivity index (χ3v) is 7.03. The Morgan fingerprint density at radius 2 is 1.70 bits per heavy atom. The van der Waals surface area contributed by atoms with Crippen LogP contribution in [-0.2, 0) is 10.0 Å². The zero-order valence-corrected chi connectivity index (χ0v) is 18.6. The van der Waals surface area contributed by atoms with Gasteiger partial charge in [-0.25, -0.2) is 13.1 Å². The van der Waals surface area contributed by atoms with Gasteiger partial charge >= 0.3 is 0 Å². The first kappa shape index (κ1) is 22.1. The van der Waals surface area contributed by atoms with Gasteiger partial charge in [-0.2, -0.15) is 0 Å². The minimum atomic E-state index is -3.74. The summed E-state index contributed by atoms with van der Waals surface area (Å²) in [4.78, 5) is 14.6. The van der Waals surface area contributed by atoms with Gasteiger partial charge in [-0.15, -0.1) is 0 Å². The highest BCUT2D eigenvalue weighted by atomic mass is 32.2. The van der Waals surface area contributed by atoms with Gasteiger partial charge in [0.05, 0.1) is 14.2 Å². The first-order valence-electron chi connectivity index (χ1n) is 9.86. The van der Waals surface area contributed by atoms with Gasteiger partial charge < -0.3 is 14.4 Å². The molecule has 0 spiro atoms. The Balaban J connectivity index is 1.67. The number of hydrogen-bond donors (Lipinski definition) is 1. The van der Waals surface area contributed by atoms with Crippen molar-refractivity contribution in [3.05, 3.63) is 53.1 Å². The van der Waals surface area contributed by atoms with Gasteiger partial charge in [-0.3, -0.25) is 4.79 Å². The molecule has 30 heavy (non-hydrogen) atoms. The molecule has 7 nitrogen and oxygen atoms in total. The molecule has 2 aromatic carbocycles. The molecule has 3 rings (SSSR count). The number of likely N-dealkylation sites (tertiary alicyclic amines) is 1. The summed E-state index contributed by atoms with van der Waals surface area (Å²) in [6, 6.07) is 10.2. The Kier molecular flexibility index (Phi) is 6.67. The van der Waals surface area contributed by atoms with Crippen molar-refractivity contribution in [2.24, 2.45) is 0 Å². The third-order valence-electron chi connectivity index (χ3n) is 5.49. The van der Waals surface area contributed by atoms with E-state index in [0.29, 0.717) is 43.0 Å². The summed E-state index contributed by atoms with van der Waals surface area (Å²) in [5.41, 5.74) is 2.42. The highest BCUT2D eigenvalue weighted by Crippen LogP contribution is 2.28. The fourth-order valence-electron chi connectivity index (χ4n) is 3.55. The molecule has 1 N–H and O–H groups in total. The smallest absolute Gasteiger partial charge is 0.253 e. The van der Waals surface area contributed by atoms with Crippen LogP contribution < -0.4 is 14.2 Å². The highest BCUT2D eigenvalue weighted by molar-refractivity contribution is 7.89. The predicted molar refractivity (Wildman–Crippen MR) is 115 cm³/mol. The van der Waals surface area contributed by atoms with Crippen molar-refractivity contribution in [2.75, 3.05) is 27.3 Å². The van der Waals surface area contributed by atoms with Crippen molar-refractivity contribution in [3.8, 4) is 11.5 Å². The van der Waals surface area contributed by atoms with Crippen LogP contribution in [0.4, 0.5) is 0 Å². The van der Waals surface area contributed by atoms with Crippen LogP contribution in [0.15, 0.2) is 41.3 Å². The molecule has 2 aromatic rings. The van der Waals surface area contributed by atoms with E-state index < -0.39 is 10.0 Å². The maximum Gasteiger partial charge on any atom is 0.253 e. The zero-order chi connectivity index (χ0) is 21.9. The van der Waals surface area contributed by atoms with Gasteiger partial charge in [0, 0.05) is 24.7 Å². The first-order valence-corrected chi connectivity index (χ1v) is 11.3. The summed E-state index contributed by atoms with van der Waals surface area (Å²) in [6.45, 7) is 4.74. The molecule has 1 fully saturated rings. The number of piperidine rings is 1. The van der Waals surface area contributed by atoms with Gasteiger partial charge in [-0.05, 0) is 68.1 Å². The zero-order valence-electron chi connectivity index (χ0n) is 17.8. The first-order chi connectivity index (χ1) is 14.2. The Hall–Kier alpha value is -2.58. The Morgan fingerprint density at radius 3 is 2.33 bits per heavy atom. The van der Waals surface area contributed by atoms with E-state index in [2.05, 4.69) is 4.72 Å². The number of amides is 1. The molecule has 0 aromatic heterocycles. The van der Waals surface area contributed by atoms with Crippen molar-refractivity contribution in [1.82, 2.24) is 9.62 Å². The van der Waals surface area contributed by atoms with Gasteiger partial charge in [-0.1, -0.05) is 6.07 Å². The molecule has 0 radical (unpaired) electrons. The van der Waals surface area contributed by atoms with Crippen LogP contribution in [0.25, 0.3) is 0 Å². The molecule has 0 bridgehead atoms. The van der Waals surface area contributed by atoms with E-state index in [1.165, 1.54) is 7.11 Å². The molecule has 0 unspecified atom stereocenters. The number of sulfonamides is 1. The molecule has 0 saturated carbocycles. The van der Waals surface area contributed by atoms with Gasteiger partial charge in [0.1, 0.15) is 16.4 Å². The Labute approximate surface area is 178 Å². The number of aryl methyl sites for hydroxylation is 2. The van der Waals surface area contributed by atoms with Crippen molar-refractivity contribution >= 4 is 15.9 Å². The fourth-order valence-corrected chi connectivity index (χ4v) is 5.10. The van der Waals surface area contributed by atoms with E-state index in [1.807, 2.05) is 13.8 Å². The topological polar surface area (TPSA) is 84.9 Å². The molecule has 1 aliphatic rings. The molecule has 0 atom stereocenters. The van der Waals surface area contributed by atoms with E-state index >= 15 is 0 Å². The number of ether oxygens (including phenoxy) is 2. The average Bonchev–Trinajstić information content (AvgIpc) is 2.75. The van der Waals surface area contributed by atoms with E-state index in [4.69, 9.17) is 9.47 Å². The third kappa shape index (κ3) is 4.76. The van der Waals surface area contributed by atoms with Crippen LogP contribution in [0.2, 0.25) is 0 Å². The SMILES string of the molecule is COc1cccc(C(=O)N2CCC(NS(=O)(=O)c3cc(C)c(C)cc3OC)CC2)c1. The molecule has 0 aliphatic carbocycles. The number of nitrogens with zero attached hydrogens (tertiary/aromatic N) is 1. The van der Waals surface area contributed by atoms with E-state index in [0.717, 1.165) is 11.1 Å². The minimum Gasteiger partial charge on any atom is -0.497 e. The summed E-state index contributed by atoms with van der Waals surface area (Å²) in [5, 5.41) is 0. The number of carbonyl (C=O) groups excluding carboxylic acids is 1. The lowest BCUT2D eigenvalue weighted by Crippen LogP contribution is -2.46. The standard InChI is InChI=1S/C22H28N2O5S/c1-15-12-20(29-4)21(13-16(15)2)30(26,27)23-18-8-10-24(11-9-18)22(25)17-6-5-7-19(14-17)28-3/h5-7,12-14,18,23H,8-11H2,1-4H3. The Bertz CT molecular complexity index is 1030. The quantitative estimate of drug-likeness (QED) is 0.759. The van der Waals surface area contributed by atoms with Crippen molar-refractivity contribution in [1.29, 1.82) is 0 Å². The second-order valence-electron chi connectivity index (χ2n) is 7.51. The number of methoxy groups -OCH3 is 2. The van der Waals surface area contributed by atoms with Gasteiger partial charge in [0.15, 0.2) is 0 Å². The predicted octanol–water partition coefficient (Wildman–Crippen LogP) is 2.90. The molecule has 1 heterocycles. The molecular formula is C22H28N2O5S. The van der Waals surface area contributed by atoms with E-state index in [9.17, 15) is 13.2 Å². The van der Waals surface area contributed by atoms with Crippen LogP contribution in [0, 0.1) is 13.8 Å². The average molecular weight is 433 g/mol. The van der Waals surface area contributed by atoms with Crippen molar-refractivity contribution < 1.29 is 22.7 Å². The number of rotatable bonds is 6. The summed E-state index contributed by atoms with van der Waals surface area (Å²) in [5.74, 6) is 0.883. The molecule has 1 amide bonds. The van der Waals surface area contributed by atoms with Gasteiger partial charge in [0.25, 0.3) is 5.91 Å². The number of nitrogens with one attached hydrogen (secondary N) is 1. The van der Waals surface area contributed by atoms with Crippen LogP contribution in [0.1, 0.15) is 34.3 Å². The Morgan fingerprint density at radius 1 is 1.03 bits per heavy atom. The second kappa shape index (κ2) is 9.06. The largest absolute Gasteiger partial charge is 0.497 e. The lowest BCUT2D eigenvalue weighted by atomic mass is 10.0. The molecule has 162 valence electrons.